The van der Waals surface area contributed by atoms with Gasteiger partial charge in [-0.3, -0.25) is 0 Å². The predicted octanol–water partition coefficient (Wildman–Crippen LogP) is 1.98. The Bertz CT molecular complexity index is 933. The molecular weight excluding hydrogens is 360 g/mol. The number of benzene rings is 2. The zero-order valence-electron chi connectivity index (χ0n) is 14.7. The van der Waals surface area contributed by atoms with Gasteiger partial charge in [-0.05, 0) is 42.0 Å². The first-order valence-corrected chi connectivity index (χ1v) is 10.9. The van der Waals surface area contributed by atoms with Gasteiger partial charge in [-0.15, -0.1) is 0 Å². The van der Waals surface area contributed by atoms with Crippen LogP contribution < -0.4 is 4.90 Å². The fourth-order valence-corrected chi connectivity index (χ4v) is 4.07. The molecule has 0 aliphatic rings. The van der Waals surface area contributed by atoms with Crippen LogP contribution in [0.1, 0.15) is 5.56 Å². The zero-order chi connectivity index (χ0) is 18.8. The quantitative estimate of drug-likeness (QED) is 0.764. The Labute approximate surface area is 149 Å². The van der Waals surface area contributed by atoms with Gasteiger partial charge in [0, 0.05) is 39.6 Å². The SMILES string of the molecule is CN(C)c1ccc(CN(C)S(=O)(=O)c2ccc(S(C)(=O)=O)cc2)cc1. The van der Waals surface area contributed by atoms with Crippen LogP contribution in [0, 0.1) is 0 Å². The lowest BCUT2D eigenvalue weighted by atomic mass is 10.2. The molecule has 0 saturated heterocycles. The average molecular weight is 383 g/mol. The standard InChI is InChI=1S/C17H22N2O4S2/c1-18(2)15-7-5-14(6-8-15)13-19(3)25(22,23)17-11-9-16(10-12-17)24(4,20)21/h5-12H,13H2,1-4H3. The van der Waals surface area contributed by atoms with Gasteiger partial charge in [0.15, 0.2) is 9.84 Å². The van der Waals surface area contributed by atoms with Gasteiger partial charge in [0.25, 0.3) is 0 Å². The van der Waals surface area contributed by atoms with Gasteiger partial charge < -0.3 is 4.90 Å². The number of hydrogen-bond acceptors (Lipinski definition) is 5. The normalized spacial score (nSPS) is 12.4. The molecule has 0 bridgehead atoms. The van der Waals surface area contributed by atoms with Gasteiger partial charge in [0.05, 0.1) is 9.79 Å². The first-order valence-electron chi connectivity index (χ1n) is 7.54. The molecule has 2 aromatic rings. The van der Waals surface area contributed by atoms with E-state index in [1.165, 1.54) is 35.6 Å². The van der Waals surface area contributed by atoms with E-state index < -0.39 is 19.9 Å². The number of sulfonamides is 1. The van der Waals surface area contributed by atoms with Crippen molar-refractivity contribution in [1.82, 2.24) is 4.31 Å². The van der Waals surface area contributed by atoms with Crippen molar-refractivity contribution in [3.8, 4) is 0 Å². The summed E-state index contributed by atoms with van der Waals surface area (Å²) in [6.45, 7) is 0.226. The summed E-state index contributed by atoms with van der Waals surface area (Å²) in [4.78, 5) is 2.12. The Kier molecular flexibility index (Phi) is 5.55. The minimum atomic E-state index is -3.70. The van der Waals surface area contributed by atoms with Crippen LogP contribution in [0.15, 0.2) is 58.3 Å². The summed E-state index contributed by atoms with van der Waals surface area (Å²) >= 11 is 0. The zero-order valence-corrected chi connectivity index (χ0v) is 16.3. The fourth-order valence-electron chi connectivity index (χ4n) is 2.28. The van der Waals surface area contributed by atoms with Crippen LogP contribution in [0.25, 0.3) is 0 Å². The Morgan fingerprint density at radius 2 is 1.24 bits per heavy atom. The van der Waals surface area contributed by atoms with Crippen molar-refractivity contribution in [2.24, 2.45) is 0 Å². The first kappa shape index (κ1) is 19.4. The van der Waals surface area contributed by atoms with Crippen molar-refractivity contribution in [2.45, 2.75) is 16.3 Å². The maximum Gasteiger partial charge on any atom is 0.243 e. The number of hydrogen-bond donors (Lipinski definition) is 0. The highest BCUT2D eigenvalue weighted by atomic mass is 32.2. The van der Waals surface area contributed by atoms with E-state index in [0.29, 0.717) is 0 Å². The van der Waals surface area contributed by atoms with E-state index >= 15 is 0 Å². The van der Waals surface area contributed by atoms with Gasteiger partial charge in [-0.25, -0.2) is 16.8 Å². The lowest BCUT2D eigenvalue weighted by Gasteiger charge is -2.18. The van der Waals surface area contributed by atoms with Gasteiger partial charge in [-0.1, -0.05) is 12.1 Å². The molecule has 0 radical (unpaired) electrons. The number of rotatable bonds is 6. The van der Waals surface area contributed by atoms with Gasteiger partial charge >= 0.3 is 0 Å². The lowest BCUT2D eigenvalue weighted by molar-refractivity contribution is 0.466. The van der Waals surface area contributed by atoms with Crippen LogP contribution in [-0.2, 0) is 26.4 Å². The maximum absolute atomic E-state index is 12.6. The number of sulfone groups is 1. The largest absolute Gasteiger partial charge is 0.378 e. The smallest absolute Gasteiger partial charge is 0.243 e. The molecule has 0 aliphatic heterocycles. The molecule has 2 rings (SSSR count). The Morgan fingerprint density at radius 3 is 1.68 bits per heavy atom. The molecule has 0 aliphatic carbocycles. The van der Waals surface area contributed by atoms with Gasteiger partial charge in [-0.2, -0.15) is 4.31 Å². The van der Waals surface area contributed by atoms with Gasteiger partial charge in [0.2, 0.25) is 10.0 Å². The van der Waals surface area contributed by atoms with Crippen LogP contribution >= 0.6 is 0 Å². The monoisotopic (exact) mass is 382 g/mol. The van der Waals surface area contributed by atoms with Crippen molar-refractivity contribution in [1.29, 1.82) is 0 Å². The van der Waals surface area contributed by atoms with E-state index in [0.717, 1.165) is 17.5 Å². The third-order valence-corrected chi connectivity index (χ3v) is 6.76. The van der Waals surface area contributed by atoms with E-state index in [4.69, 9.17) is 0 Å². The highest BCUT2D eigenvalue weighted by Gasteiger charge is 2.21. The molecule has 0 fully saturated rings. The molecule has 8 heteroatoms. The van der Waals surface area contributed by atoms with Crippen LogP contribution in [0.3, 0.4) is 0 Å². The minimum Gasteiger partial charge on any atom is -0.378 e. The summed E-state index contributed by atoms with van der Waals surface area (Å²) in [7, 11) is -1.68. The van der Waals surface area contributed by atoms with Crippen molar-refractivity contribution >= 4 is 25.5 Å². The minimum absolute atomic E-state index is 0.0623. The maximum atomic E-state index is 12.6. The van der Waals surface area contributed by atoms with E-state index in [9.17, 15) is 16.8 Å². The van der Waals surface area contributed by atoms with Crippen molar-refractivity contribution in [2.75, 3.05) is 32.3 Å². The molecule has 0 saturated carbocycles. The Morgan fingerprint density at radius 1 is 0.760 bits per heavy atom. The predicted molar refractivity (Wildman–Crippen MR) is 99.0 cm³/mol. The molecule has 25 heavy (non-hydrogen) atoms. The van der Waals surface area contributed by atoms with E-state index in [2.05, 4.69) is 0 Å². The van der Waals surface area contributed by atoms with Crippen LogP contribution in [-0.4, -0.2) is 48.5 Å². The lowest BCUT2D eigenvalue weighted by Crippen LogP contribution is -2.26. The van der Waals surface area contributed by atoms with Crippen LogP contribution in [0.2, 0.25) is 0 Å². The van der Waals surface area contributed by atoms with Gasteiger partial charge in [0.1, 0.15) is 0 Å². The second-order valence-corrected chi connectivity index (χ2v) is 10.1. The molecule has 2 aromatic carbocycles. The molecule has 0 N–H and O–H groups in total. The molecule has 0 amide bonds. The molecule has 6 nitrogen and oxygen atoms in total. The molecule has 0 aromatic heterocycles. The summed E-state index contributed by atoms with van der Waals surface area (Å²) < 4.78 is 49.5. The highest BCUT2D eigenvalue weighted by molar-refractivity contribution is 7.90. The second-order valence-electron chi connectivity index (χ2n) is 6.07. The molecule has 136 valence electrons. The van der Waals surface area contributed by atoms with E-state index in [-0.39, 0.29) is 16.3 Å². The molecule has 0 spiro atoms. The number of nitrogens with zero attached hydrogens (tertiary/aromatic N) is 2. The fraction of sp³-hybridized carbons (Fsp3) is 0.294. The summed E-state index contributed by atoms with van der Waals surface area (Å²) in [5, 5.41) is 0. The summed E-state index contributed by atoms with van der Waals surface area (Å²) in [5.74, 6) is 0. The second kappa shape index (κ2) is 7.15. The summed E-state index contributed by atoms with van der Waals surface area (Å²) in [6.07, 6.45) is 1.08. The summed E-state index contributed by atoms with van der Waals surface area (Å²) in [6, 6.07) is 12.9. The van der Waals surface area contributed by atoms with E-state index in [1.807, 2.05) is 43.3 Å². The van der Waals surface area contributed by atoms with Crippen molar-refractivity contribution in [3.63, 3.8) is 0 Å². The third kappa shape index (κ3) is 4.59. The highest BCUT2D eigenvalue weighted by Crippen LogP contribution is 2.20. The number of anilines is 1. The Balaban J connectivity index is 2.20. The first-order chi connectivity index (χ1) is 11.5. The average Bonchev–Trinajstić information content (AvgIpc) is 2.54. The Hall–Kier alpha value is -1.90. The van der Waals surface area contributed by atoms with Crippen molar-refractivity contribution in [3.05, 3.63) is 54.1 Å². The van der Waals surface area contributed by atoms with Crippen LogP contribution in [0.4, 0.5) is 5.69 Å². The molecular formula is C17H22N2O4S2. The van der Waals surface area contributed by atoms with Crippen LogP contribution in [0.5, 0.6) is 0 Å². The molecule has 0 heterocycles. The summed E-state index contributed by atoms with van der Waals surface area (Å²) in [5.41, 5.74) is 1.90. The topological polar surface area (TPSA) is 74.8 Å². The third-order valence-electron chi connectivity index (χ3n) is 3.82. The van der Waals surface area contributed by atoms with E-state index in [1.54, 1.807) is 0 Å². The van der Waals surface area contributed by atoms with Crippen molar-refractivity contribution < 1.29 is 16.8 Å². The molecule has 0 unspecified atom stereocenters. The molecule has 0 atom stereocenters.